The molecule has 1 unspecified atom stereocenters. The minimum atomic E-state index is -0.439. The molecule has 0 saturated carbocycles. The van der Waals surface area contributed by atoms with Crippen molar-refractivity contribution in [2.45, 2.75) is 39.3 Å². The molecule has 0 radical (unpaired) electrons. The van der Waals surface area contributed by atoms with Crippen molar-refractivity contribution in [3.05, 3.63) is 16.1 Å². The van der Waals surface area contributed by atoms with Crippen molar-refractivity contribution in [3.63, 3.8) is 0 Å². The van der Waals surface area contributed by atoms with Crippen LogP contribution in [0.25, 0.3) is 0 Å². The maximum atomic E-state index is 12.1. The standard InChI is InChI=1S/C12H17N3O2S/c1-3-9-6-13-11(18-9)7-15-5-4-10(16)14-8(2)12(15)17/h6,8H,3-5,7H2,1-2H3,(H,14,16). The molecule has 5 nitrogen and oxygen atoms in total. The van der Waals surface area contributed by atoms with Crippen LogP contribution in [0.5, 0.6) is 0 Å². The van der Waals surface area contributed by atoms with Crippen molar-refractivity contribution < 1.29 is 9.59 Å². The van der Waals surface area contributed by atoms with Gasteiger partial charge in [0, 0.05) is 24.0 Å². The molecule has 0 spiro atoms. The van der Waals surface area contributed by atoms with Crippen LogP contribution in [-0.2, 0) is 22.6 Å². The van der Waals surface area contributed by atoms with Gasteiger partial charge in [-0.1, -0.05) is 6.92 Å². The van der Waals surface area contributed by atoms with Crippen LogP contribution in [0.3, 0.4) is 0 Å². The summed E-state index contributed by atoms with van der Waals surface area (Å²) in [5.41, 5.74) is 0. The number of thiazole rings is 1. The molecule has 0 bridgehead atoms. The van der Waals surface area contributed by atoms with Crippen LogP contribution in [0.4, 0.5) is 0 Å². The van der Waals surface area contributed by atoms with Gasteiger partial charge in [-0.15, -0.1) is 11.3 Å². The van der Waals surface area contributed by atoms with Gasteiger partial charge in [0.25, 0.3) is 0 Å². The topological polar surface area (TPSA) is 62.3 Å². The predicted molar refractivity (Wildman–Crippen MR) is 69.1 cm³/mol. The second kappa shape index (κ2) is 5.48. The summed E-state index contributed by atoms with van der Waals surface area (Å²) < 4.78 is 0. The van der Waals surface area contributed by atoms with Crippen molar-refractivity contribution >= 4 is 23.2 Å². The van der Waals surface area contributed by atoms with Crippen LogP contribution in [0.15, 0.2) is 6.20 Å². The quantitative estimate of drug-likeness (QED) is 0.886. The van der Waals surface area contributed by atoms with Gasteiger partial charge in [-0.2, -0.15) is 0 Å². The predicted octanol–water partition coefficient (Wildman–Crippen LogP) is 0.942. The summed E-state index contributed by atoms with van der Waals surface area (Å²) in [5.74, 6) is -0.0964. The summed E-state index contributed by atoms with van der Waals surface area (Å²) >= 11 is 1.63. The fourth-order valence-corrected chi connectivity index (χ4v) is 2.78. The Kier molecular flexibility index (Phi) is 3.96. The molecule has 2 heterocycles. The zero-order valence-corrected chi connectivity index (χ0v) is 11.4. The fraction of sp³-hybridized carbons (Fsp3) is 0.583. The van der Waals surface area contributed by atoms with E-state index in [9.17, 15) is 9.59 Å². The molecule has 98 valence electrons. The van der Waals surface area contributed by atoms with Crippen LogP contribution in [-0.4, -0.2) is 34.3 Å². The summed E-state index contributed by atoms with van der Waals surface area (Å²) in [5, 5.41) is 3.61. The van der Waals surface area contributed by atoms with Crippen molar-refractivity contribution in [1.29, 1.82) is 0 Å². The van der Waals surface area contributed by atoms with Gasteiger partial charge in [-0.25, -0.2) is 4.98 Å². The van der Waals surface area contributed by atoms with Crippen LogP contribution in [0.1, 0.15) is 30.2 Å². The Labute approximate surface area is 110 Å². The Morgan fingerprint density at radius 1 is 1.56 bits per heavy atom. The molecule has 0 aliphatic carbocycles. The van der Waals surface area contributed by atoms with Gasteiger partial charge in [0.05, 0.1) is 6.54 Å². The molecule has 1 saturated heterocycles. The molecule has 2 rings (SSSR count). The van der Waals surface area contributed by atoms with Gasteiger partial charge in [0.1, 0.15) is 11.0 Å². The van der Waals surface area contributed by atoms with Crippen LogP contribution in [0.2, 0.25) is 0 Å². The third-order valence-electron chi connectivity index (χ3n) is 2.94. The van der Waals surface area contributed by atoms with E-state index in [1.807, 2.05) is 6.20 Å². The lowest BCUT2D eigenvalue weighted by Crippen LogP contribution is -2.42. The molecule has 18 heavy (non-hydrogen) atoms. The van der Waals surface area contributed by atoms with Gasteiger partial charge >= 0.3 is 0 Å². The molecular weight excluding hydrogens is 250 g/mol. The highest BCUT2D eigenvalue weighted by Crippen LogP contribution is 2.16. The molecule has 6 heteroatoms. The number of aromatic nitrogens is 1. The number of nitrogens with one attached hydrogen (secondary N) is 1. The van der Waals surface area contributed by atoms with Gasteiger partial charge in [0.2, 0.25) is 11.8 Å². The number of aryl methyl sites for hydroxylation is 1. The maximum Gasteiger partial charge on any atom is 0.245 e. The van der Waals surface area contributed by atoms with Crippen molar-refractivity contribution in [2.24, 2.45) is 0 Å². The van der Waals surface area contributed by atoms with Gasteiger partial charge in [-0.3, -0.25) is 9.59 Å². The first kappa shape index (κ1) is 13.0. The van der Waals surface area contributed by atoms with Gasteiger partial charge in [-0.05, 0) is 13.3 Å². The third kappa shape index (κ3) is 2.87. The molecule has 1 N–H and O–H groups in total. The summed E-state index contributed by atoms with van der Waals surface area (Å²) in [7, 11) is 0. The largest absolute Gasteiger partial charge is 0.345 e. The zero-order valence-electron chi connectivity index (χ0n) is 10.6. The number of rotatable bonds is 3. The van der Waals surface area contributed by atoms with E-state index in [-0.39, 0.29) is 11.8 Å². The first-order valence-corrected chi connectivity index (χ1v) is 6.93. The van der Waals surface area contributed by atoms with Crippen molar-refractivity contribution in [3.8, 4) is 0 Å². The summed E-state index contributed by atoms with van der Waals surface area (Å²) in [6.45, 7) is 4.77. The second-order valence-electron chi connectivity index (χ2n) is 4.37. The number of nitrogens with zero attached hydrogens (tertiary/aromatic N) is 2. The van der Waals surface area contributed by atoms with E-state index in [0.717, 1.165) is 11.4 Å². The number of carbonyl (C=O) groups excluding carboxylic acids is 2. The highest BCUT2D eigenvalue weighted by molar-refractivity contribution is 7.11. The van der Waals surface area contributed by atoms with E-state index in [0.29, 0.717) is 19.5 Å². The third-order valence-corrected chi connectivity index (χ3v) is 4.07. The molecular formula is C12H17N3O2S. The minimum absolute atomic E-state index is 0.0332. The van der Waals surface area contributed by atoms with E-state index in [1.54, 1.807) is 23.2 Å². The maximum absolute atomic E-state index is 12.1. The fourth-order valence-electron chi connectivity index (χ4n) is 1.90. The second-order valence-corrected chi connectivity index (χ2v) is 5.57. The van der Waals surface area contributed by atoms with Crippen LogP contribution >= 0.6 is 11.3 Å². The highest BCUT2D eigenvalue weighted by Gasteiger charge is 2.26. The number of hydrogen-bond donors (Lipinski definition) is 1. The Morgan fingerprint density at radius 3 is 3.00 bits per heavy atom. The first-order chi connectivity index (χ1) is 8.60. The summed E-state index contributed by atoms with van der Waals surface area (Å²) in [4.78, 5) is 30.7. The average Bonchev–Trinajstić information content (AvgIpc) is 2.76. The Bertz CT molecular complexity index is 458. The lowest BCUT2D eigenvalue weighted by Gasteiger charge is -2.20. The number of amides is 2. The monoisotopic (exact) mass is 267 g/mol. The average molecular weight is 267 g/mol. The van der Waals surface area contributed by atoms with E-state index in [4.69, 9.17) is 0 Å². The van der Waals surface area contributed by atoms with E-state index >= 15 is 0 Å². The molecule has 2 amide bonds. The highest BCUT2D eigenvalue weighted by atomic mass is 32.1. The minimum Gasteiger partial charge on any atom is -0.345 e. The van der Waals surface area contributed by atoms with E-state index < -0.39 is 6.04 Å². The molecule has 1 aliphatic heterocycles. The first-order valence-electron chi connectivity index (χ1n) is 6.12. The van der Waals surface area contributed by atoms with Gasteiger partial charge < -0.3 is 10.2 Å². The Hall–Kier alpha value is -1.43. The van der Waals surface area contributed by atoms with Crippen LogP contribution < -0.4 is 5.32 Å². The van der Waals surface area contributed by atoms with Crippen molar-refractivity contribution in [1.82, 2.24) is 15.2 Å². The van der Waals surface area contributed by atoms with Crippen LogP contribution in [0, 0.1) is 0 Å². The summed E-state index contributed by atoms with van der Waals surface area (Å²) in [6, 6.07) is -0.439. The molecule has 1 atom stereocenters. The molecule has 1 fully saturated rings. The normalized spacial score (nSPS) is 20.8. The number of hydrogen-bond acceptors (Lipinski definition) is 4. The van der Waals surface area contributed by atoms with E-state index in [2.05, 4.69) is 17.2 Å². The van der Waals surface area contributed by atoms with Crippen molar-refractivity contribution in [2.75, 3.05) is 6.54 Å². The molecule has 1 aliphatic rings. The molecule has 1 aromatic heterocycles. The SMILES string of the molecule is CCc1cnc(CN2CCC(=O)NC(C)C2=O)s1. The molecule has 1 aromatic rings. The lowest BCUT2D eigenvalue weighted by atomic mass is 10.3. The number of carbonyl (C=O) groups is 2. The summed E-state index contributed by atoms with van der Waals surface area (Å²) in [6.07, 6.45) is 3.18. The van der Waals surface area contributed by atoms with Gasteiger partial charge in [0.15, 0.2) is 0 Å². The zero-order chi connectivity index (χ0) is 13.1. The Morgan fingerprint density at radius 2 is 2.33 bits per heavy atom. The molecule has 0 aromatic carbocycles. The van der Waals surface area contributed by atoms with E-state index in [1.165, 1.54) is 4.88 Å². The lowest BCUT2D eigenvalue weighted by molar-refractivity contribution is -0.133. The smallest absolute Gasteiger partial charge is 0.245 e. The Balaban J connectivity index is 2.07.